The van der Waals surface area contributed by atoms with Crippen molar-refractivity contribution in [2.45, 2.75) is 39.0 Å². The number of carbonyl (C=O) groups excluding carboxylic acids is 1. The van der Waals surface area contributed by atoms with E-state index in [0.717, 1.165) is 24.3 Å². The predicted octanol–water partition coefficient (Wildman–Crippen LogP) is 3.02. The summed E-state index contributed by atoms with van der Waals surface area (Å²) in [4.78, 5) is 16.1. The summed E-state index contributed by atoms with van der Waals surface area (Å²) in [5, 5.41) is 0. The molecule has 2 rings (SSSR count). The molecule has 2 heteroatoms. The minimum absolute atomic E-state index is 0.310. The van der Waals surface area contributed by atoms with Gasteiger partial charge in [0.15, 0.2) is 0 Å². The minimum atomic E-state index is 0.310. The minimum Gasteiger partial charge on any atom is -0.299 e. The first-order chi connectivity index (χ1) is 7.79. The molecule has 0 amide bonds. The molecule has 1 saturated carbocycles. The highest BCUT2D eigenvalue weighted by molar-refractivity contribution is 5.83. The van der Waals surface area contributed by atoms with Crippen molar-refractivity contribution >= 4 is 5.78 Å². The Morgan fingerprint density at radius 1 is 1.50 bits per heavy atom. The summed E-state index contributed by atoms with van der Waals surface area (Å²) in [5.41, 5.74) is 1.05. The molecule has 2 atom stereocenters. The van der Waals surface area contributed by atoms with Crippen LogP contribution in [-0.4, -0.2) is 10.8 Å². The fourth-order valence-electron chi connectivity index (χ4n) is 2.59. The highest BCUT2D eigenvalue weighted by Crippen LogP contribution is 2.33. The third-order valence-electron chi connectivity index (χ3n) is 3.68. The first-order valence-electron chi connectivity index (χ1n) is 6.21. The zero-order chi connectivity index (χ0) is 11.4. The van der Waals surface area contributed by atoms with Crippen LogP contribution in [0.2, 0.25) is 0 Å². The van der Waals surface area contributed by atoms with Gasteiger partial charge < -0.3 is 0 Å². The highest BCUT2D eigenvalue weighted by Gasteiger charge is 2.28. The molecular formula is C14H19NO. The molecule has 1 aromatic rings. The van der Waals surface area contributed by atoms with Crippen LogP contribution in [0.4, 0.5) is 0 Å². The number of carbonyl (C=O) groups is 1. The number of aromatic nitrogens is 1. The van der Waals surface area contributed by atoms with Crippen molar-refractivity contribution in [3.05, 3.63) is 30.1 Å². The average Bonchev–Trinajstić information content (AvgIpc) is 2.79. The molecule has 1 aliphatic rings. The molecule has 16 heavy (non-hydrogen) atoms. The van der Waals surface area contributed by atoms with E-state index < -0.39 is 0 Å². The van der Waals surface area contributed by atoms with Gasteiger partial charge in [0.05, 0.1) is 0 Å². The largest absolute Gasteiger partial charge is 0.299 e. The Morgan fingerprint density at radius 3 is 3.00 bits per heavy atom. The number of ketones is 1. The van der Waals surface area contributed by atoms with Crippen molar-refractivity contribution in [3.63, 3.8) is 0 Å². The number of hydrogen-bond donors (Lipinski definition) is 0. The van der Waals surface area contributed by atoms with Crippen molar-refractivity contribution in [1.82, 2.24) is 4.98 Å². The summed E-state index contributed by atoms with van der Waals surface area (Å²) < 4.78 is 0. The summed E-state index contributed by atoms with van der Waals surface area (Å²) in [7, 11) is 0. The van der Waals surface area contributed by atoms with Crippen LogP contribution in [0.5, 0.6) is 0 Å². The molecule has 0 N–H and O–H groups in total. The van der Waals surface area contributed by atoms with Gasteiger partial charge in [-0.25, -0.2) is 0 Å². The lowest BCUT2D eigenvalue weighted by molar-refractivity contribution is -0.122. The van der Waals surface area contributed by atoms with Crippen LogP contribution >= 0.6 is 0 Å². The van der Waals surface area contributed by atoms with Crippen molar-refractivity contribution in [3.8, 4) is 0 Å². The van der Waals surface area contributed by atoms with Gasteiger partial charge in [0, 0.05) is 24.7 Å². The van der Waals surface area contributed by atoms with E-state index in [1.165, 1.54) is 12.8 Å². The smallest absolute Gasteiger partial charge is 0.140 e. The number of hydrogen-bond acceptors (Lipinski definition) is 2. The van der Waals surface area contributed by atoms with E-state index in [1.807, 2.05) is 12.1 Å². The molecular weight excluding hydrogens is 198 g/mol. The van der Waals surface area contributed by atoms with Gasteiger partial charge in [-0.3, -0.25) is 9.78 Å². The van der Waals surface area contributed by atoms with Crippen LogP contribution in [0.3, 0.4) is 0 Å². The Labute approximate surface area is 97.1 Å². The number of nitrogens with zero attached hydrogens (tertiary/aromatic N) is 1. The van der Waals surface area contributed by atoms with E-state index in [4.69, 9.17) is 0 Å². The third-order valence-corrected chi connectivity index (χ3v) is 3.68. The predicted molar refractivity (Wildman–Crippen MR) is 64.1 cm³/mol. The van der Waals surface area contributed by atoms with Crippen LogP contribution < -0.4 is 0 Å². The van der Waals surface area contributed by atoms with E-state index >= 15 is 0 Å². The lowest BCUT2D eigenvalue weighted by Gasteiger charge is -2.08. The van der Waals surface area contributed by atoms with Gasteiger partial charge in [0.25, 0.3) is 0 Å². The molecule has 2 unspecified atom stereocenters. The molecule has 1 aromatic heterocycles. The summed E-state index contributed by atoms with van der Waals surface area (Å²) in [6.07, 6.45) is 8.76. The van der Waals surface area contributed by atoms with E-state index in [-0.39, 0.29) is 0 Å². The van der Waals surface area contributed by atoms with Crippen LogP contribution in [0.15, 0.2) is 24.5 Å². The monoisotopic (exact) mass is 217 g/mol. The first kappa shape index (κ1) is 11.3. The summed E-state index contributed by atoms with van der Waals surface area (Å²) >= 11 is 0. The van der Waals surface area contributed by atoms with Gasteiger partial charge in [-0.15, -0.1) is 0 Å². The second-order valence-corrected chi connectivity index (χ2v) is 4.79. The van der Waals surface area contributed by atoms with Gasteiger partial charge in [0.1, 0.15) is 5.78 Å². The lowest BCUT2D eigenvalue weighted by atomic mass is 9.95. The van der Waals surface area contributed by atoms with Gasteiger partial charge in [-0.2, -0.15) is 0 Å². The second-order valence-electron chi connectivity index (χ2n) is 4.79. The second kappa shape index (κ2) is 5.24. The topological polar surface area (TPSA) is 30.0 Å². The van der Waals surface area contributed by atoms with E-state index in [0.29, 0.717) is 18.1 Å². The molecule has 0 bridgehead atoms. The van der Waals surface area contributed by atoms with E-state index in [9.17, 15) is 4.79 Å². The fourth-order valence-corrected chi connectivity index (χ4v) is 2.59. The van der Waals surface area contributed by atoms with Crippen LogP contribution in [0, 0.1) is 11.8 Å². The molecule has 86 valence electrons. The summed E-state index contributed by atoms with van der Waals surface area (Å²) in [6, 6.07) is 3.88. The van der Waals surface area contributed by atoms with E-state index in [1.54, 1.807) is 12.4 Å². The Balaban J connectivity index is 1.90. The zero-order valence-electron chi connectivity index (χ0n) is 9.86. The van der Waals surface area contributed by atoms with Crippen molar-refractivity contribution in [1.29, 1.82) is 0 Å². The standard InChI is InChI=1S/C14H19NO/c1-2-11-5-6-13(8-11)14(16)9-12-4-3-7-15-10-12/h3-4,7,10-11,13H,2,5-6,8-9H2,1H3. The van der Waals surface area contributed by atoms with Gasteiger partial charge in [0.2, 0.25) is 0 Å². The molecule has 1 aliphatic carbocycles. The average molecular weight is 217 g/mol. The maximum atomic E-state index is 12.0. The highest BCUT2D eigenvalue weighted by atomic mass is 16.1. The number of pyridine rings is 1. The molecule has 1 heterocycles. The molecule has 0 spiro atoms. The Morgan fingerprint density at radius 2 is 2.38 bits per heavy atom. The number of Topliss-reactive ketones (excluding diaryl/α,β-unsaturated/α-hetero) is 1. The van der Waals surface area contributed by atoms with E-state index in [2.05, 4.69) is 11.9 Å². The maximum absolute atomic E-state index is 12.0. The van der Waals surface area contributed by atoms with Gasteiger partial charge >= 0.3 is 0 Å². The normalized spacial score (nSPS) is 24.6. The molecule has 0 saturated heterocycles. The molecule has 0 aliphatic heterocycles. The SMILES string of the molecule is CCC1CCC(C(=O)Cc2cccnc2)C1. The Hall–Kier alpha value is -1.18. The fraction of sp³-hybridized carbons (Fsp3) is 0.571. The van der Waals surface area contributed by atoms with Crippen LogP contribution in [0.25, 0.3) is 0 Å². The maximum Gasteiger partial charge on any atom is 0.140 e. The van der Waals surface area contributed by atoms with Crippen molar-refractivity contribution < 1.29 is 4.79 Å². The van der Waals surface area contributed by atoms with Crippen molar-refractivity contribution in [2.24, 2.45) is 11.8 Å². The Kier molecular flexibility index (Phi) is 3.70. The lowest BCUT2D eigenvalue weighted by Crippen LogP contribution is -2.14. The quantitative estimate of drug-likeness (QED) is 0.776. The first-order valence-corrected chi connectivity index (χ1v) is 6.21. The van der Waals surface area contributed by atoms with Gasteiger partial charge in [-0.05, 0) is 36.8 Å². The summed E-state index contributed by atoms with van der Waals surface area (Å²) in [5.74, 6) is 1.50. The number of rotatable bonds is 4. The third kappa shape index (κ3) is 2.69. The molecule has 2 nitrogen and oxygen atoms in total. The molecule has 0 aromatic carbocycles. The Bertz CT molecular complexity index is 347. The zero-order valence-corrected chi connectivity index (χ0v) is 9.86. The van der Waals surface area contributed by atoms with Gasteiger partial charge in [-0.1, -0.05) is 19.4 Å². The molecule has 1 fully saturated rings. The van der Waals surface area contributed by atoms with Crippen LogP contribution in [0.1, 0.15) is 38.2 Å². The van der Waals surface area contributed by atoms with Crippen molar-refractivity contribution in [2.75, 3.05) is 0 Å². The summed E-state index contributed by atoms with van der Waals surface area (Å²) in [6.45, 7) is 2.22. The molecule has 0 radical (unpaired) electrons. The van der Waals surface area contributed by atoms with Crippen LogP contribution in [-0.2, 0) is 11.2 Å².